The van der Waals surface area contributed by atoms with E-state index in [2.05, 4.69) is 15.8 Å². The molecule has 1 aromatic carbocycles. The molecule has 1 aliphatic carbocycles. The Morgan fingerprint density at radius 1 is 1.40 bits per heavy atom. The van der Waals surface area contributed by atoms with Gasteiger partial charge >= 0.3 is 5.97 Å². The number of anilines is 1. The lowest BCUT2D eigenvalue weighted by Crippen LogP contribution is -2.47. The van der Waals surface area contributed by atoms with E-state index in [1.54, 1.807) is 26.0 Å². The first-order valence-corrected chi connectivity index (χ1v) is 8.51. The average molecular weight is 348 g/mol. The van der Waals surface area contributed by atoms with Gasteiger partial charge in [-0.3, -0.25) is 25.7 Å². The Kier molecular flexibility index (Phi) is 6.88. The topological polar surface area (TPSA) is 106 Å². The summed E-state index contributed by atoms with van der Waals surface area (Å²) >= 11 is 0. The van der Waals surface area contributed by atoms with E-state index in [1.165, 1.54) is 12.1 Å². The number of nitrogens with zero attached hydrogens (tertiary/aromatic N) is 2. The number of benzene rings is 1. The molecule has 8 nitrogen and oxygen atoms in total. The van der Waals surface area contributed by atoms with Crippen LogP contribution in [-0.2, 0) is 9.53 Å². The Morgan fingerprint density at radius 2 is 2.12 bits per heavy atom. The second-order valence-electron chi connectivity index (χ2n) is 5.96. The van der Waals surface area contributed by atoms with E-state index >= 15 is 0 Å². The van der Waals surface area contributed by atoms with Gasteiger partial charge in [-0.25, -0.2) is 0 Å². The van der Waals surface area contributed by atoms with Crippen LogP contribution < -0.4 is 10.7 Å². The molecule has 2 rings (SSSR count). The van der Waals surface area contributed by atoms with Crippen molar-refractivity contribution in [3.63, 3.8) is 0 Å². The number of ether oxygens (including phenoxy) is 1. The molecule has 0 amide bonds. The van der Waals surface area contributed by atoms with Gasteiger partial charge in [0.1, 0.15) is 6.04 Å². The maximum Gasteiger partial charge on any atom is 0.322 e. The van der Waals surface area contributed by atoms with Crippen molar-refractivity contribution in [1.82, 2.24) is 5.32 Å². The predicted octanol–water partition coefficient (Wildman–Crippen LogP) is 2.85. The van der Waals surface area contributed by atoms with Crippen LogP contribution in [0.3, 0.4) is 0 Å². The molecule has 1 aliphatic rings. The van der Waals surface area contributed by atoms with E-state index in [0.717, 1.165) is 31.4 Å². The molecule has 2 N–H and O–H groups in total. The predicted molar refractivity (Wildman–Crippen MR) is 95.6 cm³/mol. The van der Waals surface area contributed by atoms with Crippen molar-refractivity contribution in [1.29, 1.82) is 0 Å². The Morgan fingerprint density at radius 3 is 2.76 bits per heavy atom. The first kappa shape index (κ1) is 18.9. The van der Waals surface area contributed by atoms with Gasteiger partial charge in [0.25, 0.3) is 5.69 Å². The molecular formula is C17H24N4O4. The number of hydrogen-bond donors (Lipinski definition) is 2. The molecule has 0 radical (unpaired) electrons. The molecule has 1 aromatic rings. The Bertz CT molecular complexity index is 630. The zero-order valence-electron chi connectivity index (χ0n) is 14.5. The van der Waals surface area contributed by atoms with Crippen LogP contribution in [0.2, 0.25) is 0 Å². The van der Waals surface area contributed by atoms with Crippen LogP contribution >= 0.6 is 0 Å². The number of nitrogens with one attached hydrogen (secondary N) is 2. The molecule has 0 unspecified atom stereocenters. The molecule has 0 aromatic heterocycles. The summed E-state index contributed by atoms with van der Waals surface area (Å²) < 4.78 is 5.03. The average Bonchev–Trinajstić information content (AvgIpc) is 2.61. The fraction of sp³-hybridized carbons (Fsp3) is 0.529. The van der Waals surface area contributed by atoms with Crippen LogP contribution in [0.25, 0.3) is 0 Å². The first-order valence-electron chi connectivity index (χ1n) is 8.51. The van der Waals surface area contributed by atoms with Gasteiger partial charge in [-0.2, -0.15) is 5.10 Å². The van der Waals surface area contributed by atoms with Gasteiger partial charge in [-0.1, -0.05) is 6.42 Å². The Hall–Kier alpha value is -2.48. The van der Waals surface area contributed by atoms with Crippen molar-refractivity contribution in [2.75, 3.05) is 12.0 Å². The summed E-state index contributed by atoms with van der Waals surface area (Å²) in [6.45, 7) is 3.93. The van der Waals surface area contributed by atoms with Gasteiger partial charge in [0.15, 0.2) is 0 Å². The van der Waals surface area contributed by atoms with Crippen LogP contribution in [0.1, 0.15) is 39.5 Å². The second kappa shape index (κ2) is 9.12. The van der Waals surface area contributed by atoms with Crippen molar-refractivity contribution in [2.24, 2.45) is 5.10 Å². The lowest BCUT2D eigenvalue weighted by molar-refractivity contribution is -0.384. The van der Waals surface area contributed by atoms with Crippen LogP contribution in [0, 0.1) is 10.1 Å². The van der Waals surface area contributed by atoms with Crippen molar-refractivity contribution in [3.05, 3.63) is 34.4 Å². The highest BCUT2D eigenvalue weighted by atomic mass is 16.6. The maximum absolute atomic E-state index is 11.8. The third-order valence-electron chi connectivity index (χ3n) is 4.08. The molecule has 0 saturated heterocycles. The number of esters is 1. The zero-order chi connectivity index (χ0) is 18.2. The van der Waals surface area contributed by atoms with E-state index in [0.29, 0.717) is 12.3 Å². The van der Waals surface area contributed by atoms with Gasteiger partial charge in [0.2, 0.25) is 0 Å². The summed E-state index contributed by atoms with van der Waals surface area (Å²) in [5.74, 6) is -0.268. The summed E-state index contributed by atoms with van der Waals surface area (Å²) in [5, 5.41) is 18.4. The molecule has 0 aliphatic heterocycles. The number of nitro groups is 1. The summed E-state index contributed by atoms with van der Waals surface area (Å²) in [7, 11) is 0. The minimum absolute atomic E-state index is 0.0127. The summed E-state index contributed by atoms with van der Waals surface area (Å²) in [6.07, 6.45) is 3.87. The Labute approximate surface area is 146 Å². The zero-order valence-corrected chi connectivity index (χ0v) is 14.5. The highest BCUT2D eigenvalue weighted by Gasteiger charge is 2.25. The SMILES string of the molecule is CCOC(=O)[C@H](C)N[C@@H]1CCCC/C1=N\Nc1ccc([N+](=O)[O-])cc1. The highest BCUT2D eigenvalue weighted by molar-refractivity contribution is 5.91. The summed E-state index contributed by atoms with van der Waals surface area (Å²) in [6, 6.07) is 5.72. The number of hydrazone groups is 1. The normalized spacial score (nSPS) is 20.1. The van der Waals surface area contributed by atoms with E-state index < -0.39 is 11.0 Å². The van der Waals surface area contributed by atoms with Gasteiger partial charge in [-0.05, 0) is 45.2 Å². The fourth-order valence-corrected chi connectivity index (χ4v) is 2.74. The van der Waals surface area contributed by atoms with Gasteiger partial charge in [0.05, 0.1) is 22.9 Å². The second-order valence-corrected chi connectivity index (χ2v) is 5.96. The molecule has 2 atom stereocenters. The monoisotopic (exact) mass is 348 g/mol. The molecular weight excluding hydrogens is 324 g/mol. The van der Waals surface area contributed by atoms with E-state index in [-0.39, 0.29) is 17.7 Å². The van der Waals surface area contributed by atoms with Crippen LogP contribution in [0.4, 0.5) is 11.4 Å². The maximum atomic E-state index is 11.8. The van der Waals surface area contributed by atoms with E-state index in [9.17, 15) is 14.9 Å². The number of rotatable bonds is 7. The number of hydrogen-bond acceptors (Lipinski definition) is 7. The number of carbonyl (C=O) groups is 1. The lowest BCUT2D eigenvalue weighted by Gasteiger charge is -2.27. The molecule has 1 fully saturated rings. The highest BCUT2D eigenvalue weighted by Crippen LogP contribution is 2.19. The molecule has 25 heavy (non-hydrogen) atoms. The van der Waals surface area contributed by atoms with Crippen molar-refractivity contribution in [2.45, 2.75) is 51.6 Å². The van der Waals surface area contributed by atoms with Gasteiger partial charge in [0, 0.05) is 18.2 Å². The van der Waals surface area contributed by atoms with Crippen LogP contribution in [0.15, 0.2) is 29.4 Å². The third-order valence-corrected chi connectivity index (χ3v) is 4.08. The summed E-state index contributed by atoms with van der Waals surface area (Å²) in [4.78, 5) is 22.0. The number of carbonyl (C=O) groups excluding carboxylic acids is 1. The molecule has 0 bridgehead atoms. The lowest BCUT2D eigenvalue weighted by atomic mass is 9.93. The van der Waals surface area contributed by atoms with Crippen molar-refractivity contribution >= 4 is 23.1 Å². The minimum Gasteiger partial charge on any atom is -0.465 e. The fourth-order valence-electron chi connectivity index (χ4n) is 2.74. The smallest absolute Gasteiger partial charge is 0.322 e. The number of non-ortho nitro benzene ring substituents is 1. The molecule has 0 heterocycles. The first-order chi connectivity index (χ1) is 12.0. The summed E-state index contributed by atoms with van der Waals surface area (Å²) in [5.41, 5.74) is 4.61. The van der Waals surface area contributed by atoms with Gasteiger partial charge < -0.3 is 4.74 Å². The van der Waals surface area contributed by atoms with Gasteiger partial charge in [-0.15, -0.1) is 0 Å². The van der Waals surface area contributed by atoms with E-state index in [4.69, 9.17) is 4.74 Å². The standard InChI is InChI=1S/C17H24N4O4/c1-3-25-17(22)12(2)18-15-6-4-5-7-16(15)20-19-13-8-10-14(11-9-13)21(23)24/h8-12,15,18-19H,3-7H2,1-2H3/b20-16+/t12-,15+/m0/s1. The van der Waals surface area contributed by atoms with Crippen LogP contribution in [-0.4, -0.2) is 35.3 Å². The van der Waals surface area contributed by atoms with Crippen LogP contribution in [0.5, 0.6) is 0 Å². The molecule has 136 valence electrons. The van der Waals surface area contributed by atoms with E-state index in [1.807, 2.05) is 0 Å². The van der Waals surface area contributed by atoms with Crippen molar-refractivity contribution in [3.8, 4) is 0 Å². The largest absolute Gasteiger partial charge is 0.465 e. The molecule has 0 spiro atoms. The minimum atomic E-state index is -0.437. The molecule has 8 heteroatoms. The third kappa shape index (κ3) is 5.53. The molecule has 1 saturated carbocycles. The van der Waals surface area contributed by atoms with Crippen molar-refractivity contribution < 1.29 is 14.5 Å². The quantitative estimate of drug-likeness (QED) is 0.446. The Balaban J connectivity index is 2.00. The number of nitro benzene ring substituents is 1.